The SMILES string of the molecule is CCCC[C@H](CC)C(=O)N(CCC)CC(=O)Nc1ccon1. The van der Waals surface area contributed by atoms with Crippen LogP contribution in [0.3, 0.4) is 0 Å². The van der Waals surface area contributed by atoms with E-state index < -0.39 is 0 Å². The van der Waals surface area contributed by atoms with Crippen molar-refractivity contribution in [2.24, 2.45) is 5.92 Å². The summed E-state index contributed by atoms with van der Waals surface area (Å²) in [6, 6.07) is 1.57. The Morgan fingerprint density at radius 3 is 2.64 bits per heavy atom. The van der Waals surface area contributed by atoms with Gasteiger partial charge in [-0.3, -0.25) is 9.59 Å². The van der Waals surface area contributed by atoms with Crippen LogP contribution >= 0.6 is 0 Å². The van der Waals surface area contributed by atoms with Gasteiger partial charge in [-0.05, 0) is 19.3 Å². The van der Waals surface area contributed by atoms with Gasteiger partial charge in [0.15, 0.2) is 5.82 Å². The third-order valence-electron chi connectivity index (χ3n) is 3.59. The molecule has 0 aliphatic heterocycles. The molecule has 0 spiro atoms. The summed E-state index contributed by atoms with van der Waals surface area (Å²) in [7, 11) is 0. The molecule has 1 atom stereocenters. The Kier molecular flexibility index (Phi) is 8.25. The van der Waals surface area contributed by atoms with E-state index in [0.29, 0.717) is 12.4 Å². The fourth-order valence-corrected chi connectivity index (χ4v) is 2.38. The first-order valence-electron chi connectivity index (χ1n) is 8.11. The van der Waals surface area contributed by atoms with Crippen LogP contribution in [0.1, 0.15) is 52.9 Å². The number of rotatable bonds is 10. The maximum atomic E-state index is 12.6. The van der Waals surface area contributed by atoms with E-state index in [9.17, 15) is 9.59 Å². The van der Waals surface area contributed by atoms with Gasteiger partial charge in [-0.2, -0.15) is 0 Å². The van der Waals surface area contributed by atoms with Crippen molar-refractivity contribution in [1.82, 2.24) is 10.1 Å². The fourth-order valence-electron chi connectivity index (χ4n) is 2.38. The van der Waals surface area contributed by atoms with E-state index in [2.05, 4.69) is 21.9 Å². The summed E-state index contributed by atoms with van der Waals surface area (Å²) in [6.45, 7) is 6.79. The third kappa shape index (κ3) is 5.87. The number of hydrogen-bond donors (Lipinski definition) is 1. The number of aromatic nitrogens is 1. The second-order valence-electron chi connectivity index (χ2n) is 5.44. The molecular formula is C16H27N3O3. The highest BCUT2D eigenvalue weighted by molar-refractivity contribution is 5.94. The van der Waals surface area contributed by atoms with Crippen LogP contribution in [0, 0.1) is 5.92 Å². The van der Waals surface area contributed by atoms with Crippen LogP contribution < -0.4 is 5.32 Å². The van der Waals surface area contributed by atoms with Crippen LogP contribution in [-0.4, -0.2) is 35.0 Å². The Labute approximate surface area is 132 Å². The van der Waals surface area contributed by atoms with E-state index in [1.807, 2.05) is 13.8 Å². The van der Waals surface area contributed by atoms with Crippen molar-refractivity contribution < 1.29 is 14.1 Å². The molecule has 0 saturated heterocycles. The highest BCUT2D eigenvalue weighted by atomic mass is 16.5. The van der Waals surface area contributed by atoms with Gasteiger partial charge in [0.1, 0.15) is 6.26 Å². The van der Waals surface area contributed by atoms with E-state index in [1.54, 1.807) is 11.0 Å². The minimum absolute atomic E-state index is 0.00588. The first-order valence-corrected chi connectivity index (χ1v) is 8.11. The molecule has 2 amide bonds. The first kappa shape index (κ1) is 18.2. The van der Waals surface area contributed by atoms with Gasteiger partial charge in [0.05, 0.1) is 6.54 Å². The van der Waals surface area contributed by atoms with Crippen LogP contribution in [0.4, 0.5) is 5.82 Å². The minimum Gasteiger partial charge on any atom is -0.363 e. The lowest BCUT2D eigenvalue weighted by Crippen LogP contribution is -2.41. The lowest BCUT2D eigenvalue weighted by Gasteiger charge is -2.26. The van der Waals surface area contributed by atoms with Gasteiger partial charge in [-0.1, -0.05) is 38.8 Å². The fraction of sp³-hybridized carbons (Fsp3) is 0.688. The van der Waals surface area contributed by atoms with E-state index >= 15 is 0 Å². The maximum Gasteiger partial charge on any atom is 0.245 e. The molecule has 0 aliphatic carbocycles. The summed E-state index contributed by atoms with van der Waals surface area (Å²) in [5.74, 6) is 0.201. The van der Waals surface area contributed by atoms with Crippen molar-refractivity contribution >= 4 is 17.6 Å². The molecular weight excluding hydrogens is 282 g/mol. The van der Waals surface area contributed by atoms with Gasteiger partial charge in [-0.15, -0.1) is 0 Å². The lowest BCUT2D eigenvalue weighted by molar-refractivity contribution is -0.138. The second-order valence-corrected chi connectivity index (χ2v) is 5.44. The number of nitrogens with one attached hydrogen (secondary N) is 1. The summed E-state index contributed by atoms with van der Waals surface area (Å²) in [6.07, 6.45) is 6.02. The average molecular weight is 309 g/mol. The molecule has 1 N–H and O–H groups in total. The number of carbonyl (C=O) groups is 2. The van der Waals surface area contributed by atoms with E-state index in [4.69, 9.17) is 0 Å². The lowest BCUT2D eigenvalue weighted by atomic mass is 9.97. The van der Waals surface area contributed by atoms with Crippen LogP contribution in [0.15, 0.2) is 16.9 Å². The van der Waals surface area contributed by atoms with Crippen LogP contribution in [0.25, 0.3) is 0 Å². The smallest absolute Gasteiger partial charge is 0.245 e. The largest absolute Gasteiger partial charge is 0.363 e. The molecule has 22 heavy (non-hydrogen) atoms. The number of anilines is 1. The zero-order chi connectivity index (χ0) is 16.4. The highest BCUT2D eigenvalue weighted by Gasteiger charge is 2.23. The van der Waals surface area contributed by atoms with E-state index in [0.717, 1.165) is 32.1 Å². The van der Waals surface area contributed by atoms with Crippen molar-refractivity contribution in [2.75, 3.05) is 18.4 Å². The van der Waals surface area contributed by atoms with Crippen molar-refractivity contribution in [3.63, 3.8) is 0 Å². The predicted octanol–water partition coefficient (Wildman–Crippen LogP) is 3.07. The van der Waals surface area contributed by atoms with Gasteiger partial charge in [0, 0.05) is 18.5 Å². The standard InChI is InChI=1S/C16H27N3O3/c1-4-7-8-13(6-3)16(21)19(10-5-2)12-15(20)17-14-9-11-22-18-14/h9,11,13H,4-8,10,12H2,1-3H3,(H,17,18,20)/t13-/m0/s1. The molecule has 0 fully saturated rings. The quantitative estimate of drug-likeness (QED) is 0.720. The summed E-state index contributed by atoms with van der Waals surface area (Å²) in [5.41, 5.74) is 0. The number of nitrogens with zero attached hydrogens (tertiary/aromatic N) is 2. The molecule has 124 valence electrons. The Bertz CT molecular complexity index is 445. The van der Waals surface area contributed by atoms with E-state index in [1.165, 1.54) is 6.26 Å². The summed E-state index contributed by atoms with van der Waals surface area (Å²) >= 11 is 0. The summed E-state index contributed by atoms with van der Waals surface area (Å²) in [5, 5.41) is 6.26. The van der Waals surface area contributed by atoms with Crippen molar-refractivity contribution in [2.45, 2.75) is 52.9 Å². The van der Waals surface area contributed by atoms with Gasteiger partial charge < -0.3 is 14.7 Å². The first-order chi connectivity index (χ1) is 10.6. The van der Waals surface area contributed by atoms with Gasteiger partial charge in [-0.25, -0.2) is 0 Å². The van der Waals surface area contributed by atoms with Crippen molar-refractivity contribution in [3.8, 4) is 0 Å². The summed E-state index contributed by atoms with van der Waals surface area (Å²) in [4.78, 5) is 26.3. The van der Waals surface area contributed by atoms with Crippen molar-refractivity contribution in [3.05, 3.63) is 12.3 Å². The van der Waals surface area contributed by atoms with Crippen LogP contribution in [-0.2, 0) is 9.59 Å². The zero-order valence-electron chi connectivity index (χ0n) is 13.8. The molecule has 1 heterocycles. The van der Waals surface area contributed by atoms with Crippen LogP contribution in [0.2, 0.25) is 0 Å². The molecule has 0 aliphatic rings. The molecule has 6 nitrogen and oxygen atoms in total. The molecule has 1 rings (SSSR count). The number of hydrogen-bond acceptors (Lipinski definition) is 4. The van der Waals surface area contributed by atoms with Crippen molar-refractivity contribution in [1.29, 1.82) is 0 Å². The zero-order valence-corrected chi connectivity index (χ0v) is 13.8. The van der Waals surface area contributed by atoms with Gasteiger partial charge in [0.25, 0.3) is 0 Å². The molecule has 0 bridgehead atoms. The summed E-state index contributed by atoms with van der Waals surface area (Å²) < 4.78 is 4.67. The molecule has 1 aromatic heterocycles. The van der Waals surface area contributed by atoms with E-state index in [-0.39, 0.29) is 24.3 Å². The molecule has 0 unspecified atom stereocenters. The average Bonchev–Trinajstić information content (AvgIpc) is 3.00. The van der Waals surface area contributed by atoms with Gasteiger partial charge in [0.2, 0.25) is 11.8 Å². The topological polar surface area (TPSA) is 75.4 Å². The number of amides is 2. The molecule has 6 heteroatoms. The third-order valence-corrected chi connectivity index (χ3v) is 3.59. The Hall–Kier alpha value is -1.85. The minimum atomic E-state index is -0.249. The Balaban J connectivity index is 2.62. The second kappa shape index (κ2) is 9.97. The molecule has 0 radical (unpaired) electrons. The molecule has 0 saturated carbocycles. The molecule has 1 aromatic rings. The van der Waals surface area contributed by atoms with Crippen LogP contribution in [0.5, 0.6) is 0 Å². The number of unbranched alkanes of at least 4 members (excludes halogenated alkanes) is 1. The predicted molar refractivity (Wildman–Crippen MR) is 85.3 cm³/mol. The molecule has 0 aromatic carbocycles. The Morgan fingerprint density at radius 1 is 1.32 bits per heavy atom. The number of carbonyl (C=O) groups excluding carboxylic acids is 2. The maximum absolute atomic E-state index is 12.6. The highest BCUT2D eigenvalue weighted by Crippen LogP contribution is 2.16. The van der Waals surface area contributed by atoms with Gasteiger partial charge >= 0.3 is 0 Å². The Morgan fingerprint density at radius 2 is 2.09 bits per heavy atom. The monoisotopic (exact) mass is 309 g/mol. The normalized spacial score (nSPS) is 12.0.